The van der Waals surface area contributed by atoms with Gasteiger partial charge in [0.05, 0.1) is 13.2 Å². The number of benzene rings is 1. The zero-order valence-electron chi connectivity index (χ0n) is 13.0. The van der Waals surface area contributed by atoms with Gasteiger partial charge in [-0.3, -0.25) is 4.18 Å². The Morgan fingerprint density at radius 1 is 1.04 bits per heavy atom. The van der Waals surface area contributed by atoms with Crippen molar-refractivity contribution in [3.8, 4) is 0 Å². The summed E-state index contributed by atoms with van der Waals surface area (Å²) in [4.78, 5) is 0. The molecule has 132 valence electrons. The van der Waals surface area contributed by atoms with Crippen LogP contribution in [0.4, 0.5) is 13.2 Å². The van der Waals surface area contributed by atoms with Gasteiger partial charge in [-0.05, 0) is 23.8 Å². The van der Waals surface area contributed by atoms with Gasteiger partial charge >= 0.3 is 15.6 Å². The first-order chi connectivity index (χ1) is 10.6. The zero-order chi connectivity index (χ0) is 17.5. The van der Waals surface area contributed by atoms with Crippen molar-refractivity contribution in [2.75, 3.05) is 13.2 Å². The summed E-state index contributed by atoms with van der Waals surface area (Å²) in [6.45, 7) is 3.92. The Kier molecular flexibility index (Phi) is 7.50. The molecule has 0 unspecified atom stereocenters. The first-order valence-corrected chi connectivity index (χ1v) is 8.60. The Morgan fingerprint density at radius 3 is 2.17 bits per heavy atom. The smallest absolute Gasteiger partial charge is 0.376 e. The Balaban J connectivity index is 2.27. The molecule has 1 aromatic rings. The maximum atomic E-state index is 12.1. The van der Waals surface area contributed by atoms with Gasteiger partial charge in [-0.25, -0.2) is 0 Å². The summed E-state index contributed by atoms with van der Waals surface area (Å²) >= 11 is 0. The summed E-state index contributed by atoms with van der Waals surface area (Å²) in [5, 5.41) is 0. The molecule has 8 heteroatoms. The van der Waals surface area contributed by atoms with E-state index in [1.165, 1.54) is 0 Å². The molecule has 1 aromatic carbocycles. The number of rotatable bonds is 9. The SMILES string of the molecule is C[C@H](COCc1ccccc1)C[C@@H](C)COS(=O)(=O)C(F)(F)F. The Labute approximate surface area is 134 Å². The predicted molar refractivity (Wildman–Crippen MR) is 80.0 cm³/mol. The lowest BCUT2D eigenvalue weighted by atomic mass is 9.99. The third-order valence-corrected chi connectivity index (χ3v) is 4.12. The molecule has 0 amide bonds. The molecule has 0 aliphatic carbocycles. The standard InChI is InChI=1S/C15H21F3O4S/c1-12(9-21-11-14-6-4-3-5-7-14)8-13(2)10-22-23(19,20)15(16,17)18/h3-7,12-13H,8-11H2,1-2H3/t12-,13+/m0/s1. The molecule has 0 aromatic heterocycles. The lowest BCUT2D eigenvalue weighted by Crippen LogP contribution is -2.27. The minimum absolute atomic E-state index is 0.0749. The van der Waals surface area contributed by atoms with E-state index in [0.29, 0.717) is 19.6 Å². The van der Waals surface area contributed by atoms with Gasteiger partial charge in [-0.2, -0.15) is 21.6 Å². The van der Waals surface area contributed by atoms with E-state index in [4.69, 9.17) is 4.74 Å². The first kappa shape index (κ1) is 19.9. The molecule has 0 N–H and O–H groups in total. The molecule has 0 saturated heterocycles. The second kappa shape index (κ2) is 8.65. The monoisotopic (exact) mass is 354 g/mol. The van der Waals surface area contributed by atoms with E-state index in [9.17, 15) is 21.6 Å². The Hall–Kier alpha value is -1.12. The summed E-state index contributed by atoms with van der Waals surface area (Å²) < 4.78 is 67.6. The van der Waals surface area contributed by atoms with Crippen LogP contribution in [0.15, 0.2) is 30.3 Å². The van der Waals surface area contributed by atoms with Crippen molar-refractivity contribution in [1.29, 1.82) is 0 Å². The molecule has 2 atom stereocenters. The molecule has 0 spiro atoms. The average Bonchev–Trinajstić information content (AvgIpc) is 2.45. The fourth-order valence-corrected chi connectivity index (χ4v) is 2.59. The van der Waals surface area contributed by atoms with Crippen molar-refractivity contribution in [3.05, 3.63) is 35.9 Å². The molecule has 0 aliphatic heterocycles. The van der Waals surface area contributed by atoms with E-state index in [1.807, 2.05) is 37.3 Å². The van der Waals surface area contributed by atoms with Gasteiger partial charge in [-0.15, -0.1) is 0 Å². The maximum Gasteiger partial charge on any atom is 0.523 e. The zero-order valence-corrected chi connectivity index (χ0v) is 13.9. The molecule has 23 heavy (non-hydrogen) atoms. The van der Waals surface area contributed by atoms with Crippen LogP contribution >= 0.6 is 0 Å². The summed E-state index contributed by atoms with van der Waals surface area (Å²) in [5.74, 6) is -0.256. The Bertz CT molecular complexity index is 558. The molecule has 0 aliphatic rings. The van der Waals surface area contributed by atoms with Crippen LogP contribution in [-0.2, 0) is 25.6 Å². The van der Waals surface area contributed by atoms with E-state index in [1.54, 1.807) is 6.92 Å². The first-order valence-electron chi connectivity index (χ1n) is 7.19. The summed E-state index contributed by atoms with van der Waals surface area (Å²) in [6.07, 6.45) is 0.502. The fraction of sp³-hybridized carbons (Fsp3) is 0.600. The number of alkyl halides is 3. The second-order valence-corrected chi connectivity index (χ2v) is 7.24. The number of hydrogen-bond acceptors (Lipinski definition) is 4. The minimum Gasteiger partial charge on any atom is -0.376 e. The largest absolute Gasteiger partial charge is 0.523 e. The third-order valence-electron chi connectivity index (χ3n) is 3.11. The second-order valence-electron chi connectivity index (χ2n) is 5.63. The van der Waals surface area contributed by atoms with Crippen LogP contribution in [-0.4, -0.2) is 27.1 Å². The molecule has 0 bridgehead atoms. The van der Waals surface area contributed by atoms with E-state index in [0.717, 1.165) is 5.56 Å². The molecule has 4 nitrogen and oxygen atoms in total. The van der Waals surface area contributed by atoms with Gasteiger partial charge in [0.25, 0.3) is 0 Å². The molecule has 1 rings (SSSR count). The van der Waals surface area contributed by atoms with E-state index < -0.39 is 22.2 Å². The highest BCUT2D eigenvalue weighted by molar-refractivity contribution is 7.87. The van der Waals surface area contributed by atoms with Gasteiger partial charge < -0.3 is 4.74 Å². The highest BCUT2D eigenvalue weighted by Crippen LogP contribution is 2.25. The fourth-order valence-electron chi connectivity index (χ4n) is 2.05. The minimum atomic E-state index is -5.51. The number of halogens is 3. The molecular formula is C15H21F3O4S. The van der Waals surface area contributed by atoms with Crippen LogP contribution in [0.3, 0.4) is 0 Å². The predicted octanol–water partition coefficient (Wildman–Crippen LogP) is 3.73. The Morgan fingerprint density at radius 2 is 1.61 bits per heavy atom. The summed E-state index contributed by atoms with van der Waals surface area (Å²) in [6, 6.07) is 9.58. The topological polar surface area (TPSA) is 52.6 Å². The molecular weight excluding hydrogens is 333 g/mol. The summed E-state index contributed by atoms with van der Waals surface area (Å²) in [5.41, 5.74) is -4.34. The summed E-state index contributed by atoms with van der Waals surface area (Å²) in [7, 11) is -5.51. The van der Waals surface area contributed by atoms with Crippen molar-refractivity contribution >= 4 is 10.1 Å². The molecule has 0 saturated carbocycles. The van der Waals surface area contributed by atoms with Gasteiger partial charge in [0.15, 0.2) is 0 Å². The van der Waals surface area contributed by atoms with Crippen LogP contribution < -0.4 is 0 Å². The molecule has 0 heterocycles. The van der Waals surface area contributed by atoms with Gasteiger partial charge in [0.2, 0.25) is 0 Å². The lowest BCUT2D eigenvalue weighted by molar-refractivity contribution is -0.0551. The van der Waals surface area contributed by atoms with Crippen molar-refractivity contribution in [1.82, 2.24) is 0 Å². The number of hydrogen-bond donors (Lipinski definition) is 0. The maximum absolute atomic E-state index is 12.1. The van der Waals surface area contributed by atoms with Gasteiger partial charge in [0, 0.05) is 6.61 Å². The van der Waals surface area contributed by atoms with E-state index in [-0.39, 0.29) is 11.8 Å². The van der Waals surface area contributed by atoms with Gasteiger partial charge in [0.1, 0.15) is 0 Å². The normalized spacial score (nSPS) is 15.3. The van der Waals surface area contributed by atoms with E-state index in [2.05, 4.69) is 4.18 Å². The van der Waals surface area contributed by atoms with Crippen LogP contribution in [0.1, 0.15) is 25.8 Å². The van der Waals surface area contributed by atoms with Crippen LogP contribution in [0.25, 0.3) is 0 Å². The van der Waals surface area contributed by atoms with Crippen molar-refractivity contribution in [3.63, 3.8) is 0 Å². The van der Waals surface area contributed by atoms with Crippen LogP contribution in [0.2, 0.25) is 0 Å². The number of ether oxygens (including phenoxy) is 1. The third kappa shape index (κ3) is 7.32. The highest BCUT2D eigenvalue weighted by Gasteiger charge is 2.47. The van der Waals surface area contributed by atoms with Gasteiger partial charge in [-0.1, -0.05) is 44.2 Å². The van der Waals surface area contributed by atoms with Crippen molar-refractivity contribution in [2.24, 2.45) is 11.8 Å². The van der Waals surface area contributed by atoms with Crippen molar-refractivity contribution < 1.29 is 30.5 Å². The van der Waals surface area contributed by atoms with E-state index >= 15 is 0 Å². The average molecular weight is 354 g/mol. The van der Waals surface area contributed by atoms with Crippen molar-refractivity contribution in [2.45, 2.75) is 32.4 Å². The highest BCUT2D eigenvalue weighted by atomic mass is 32.2. The van der Waals surface area contributed by atoms with Crippen LogP contribution in [0.5, 0.6) is 0 Å². The quantitative estimate of drug-likeness (QED) is 0.501. The lowest BCUT2D eigenvalue weighted by Gasteiger charge is -2.18. The van der Waals surface area contributed by atoms with Crippen LogP contribution in [0, 0.1) is 11.8 Å². The molecule has 0 fully saturated rings. The molecule has 0 radical (unpaired) electrons.